The van der Waals surface area contributed by atoms with E-state index in [1.807, 2.05) is 118 Å². The van der Waals surface area contributed by atoms with Gasteiger partial charge in [-0.3, -0.25) is 9.55 Å². The molecule has 2 heterocycles. The quantitative estimate of drug-likeness (QED) is 0.162. The molecule has 4 nitrogen and oxygen atoms in total. The molecular weight excluding hydrogens is 854 g/mol. The number of fused-ring (bicyclic) bond motifs is 1. The van der Waals surface area contributed by atoms with Crippen molar-refractivity contribution in [1.82, 2.24) is 14.5 Å². The van der Waals surface area contributed by atoms with Crippen LogP contribution in [0, 0.1) is 12.9 Å². The first kappa shape index (κ1) is 26.3. The Bertz CT molecular complexity index is 3180. The van der Waals surface area contributed by atoms with Gasteiger partial charge in [0.15, 0.2) is 0 Å². The Morgan fingerprint density at radius 1 is 0.764 bits per heavy atom. The number of imidazole rings is 1. The zero-order valence-corrected chi connectivity index (χ0v) is 33.2. The first-order valence-electron chi connectivity index (χ1n) is 23.2. The molecule has 0 atom stereocenters. The molecule has 276 valence electrons. The Labute approximate surface area is 354 Å². The summed E-state index contributed by atoms with van der Waals surface area (Å²) in [6.45, 7) is 6.74. The number of aromatic hydroxyl groups is 1. The minimum Gasteiger partial charge on any atom is -0.507 e. The van der Waals surface area contributed by atoms with E-state index >= 15 is 0 Å². The van der Waals surface area contributed by atoms with Crippen molar-refractivity contribution in [2.75, 3.05) is 0 Å². The number of hydrogen-bond donors (Lipinski definition) is 1. The van der Waals surface area contributed by atoms with E-state index in [9.17, 15) is 7.85 Å². The fraction of sp³-hybridized carbons (Fsp3) is 0.160. The zero-order valence-electron chi connectivity index (χ0n) is 41.9. The molecule has 8 aromatic rings. The molecule has 8 rings (SSSR count). The average Bonchev–Trinajstić information content (AvgIpc) is 3.64. The van der Waals surface area contributed by atoms with Gasteiger partial charge in [-0.1, -0.05) is 142 Å². The van der Waals surface area contributed by atoms with Crippen molar-refractivity contribution in [3.8, 4) is 67.5 Å². The van der Waals surface area contributed by atoms with Gasteiger partial charge < -0.3 is 5.11 Å². The molecule has 55 heavy (non-hydrogen) atoms. The maximum Gasteiger partial charge on any atom is 0.148 e. The van der Waals surface area contributed by atoms with E-state index in [1.165, 1.54) is 0 Å². The van der Waals surface area contributed by atoms with Crippen LogP contribution < -0.4 is 0 Å². The van der Waals surface area contributed by atoms with E-state index in [1.54, 1.807) is 24.3 Å². The van der Waals surface area contributed by atoms with Crippen LogP contribution in [-0.2, 0) is 26.5 Å². The normalized spacial score (nSPS) is 14.8. The summed E-state index contributed by atoms with van der Waals surface area (Å²) in [4.78, 5) is 9.60. The third kappa shape index (κ3) is 7.44. The van der Waals surface area contributed by atoms with Gasteiger partial charge in [0, 0.05) is 44.1 Å². The standard InChI is InChI=1S/C50H44N3O.Pt/c1-32(2)44-31-40(23-24-41(44)35-13-8-7-9-14-35)53-46-17-12-16-42(48(46)52-49(53)43-15-10-11-18-47(43)54)37-27-38(29-39(28-37)50(4,5)6)45-30-36(25-26-51-45)34-21-19-33(3)20-22-34;/h7-26,28-32,54H,1-6H3;/q-1;/i3D3,19D,20D,21D,22D,25D,26D,30D,32D;. The Morgan fingerprint density at radius 2 is 1.49 bits per heavy atom. The van der Waals surface area contributed by atoms with Crippen molar-refractivity contribution < 1.29 is 41.3 Å². The number of hydrogen-bond acceptors (Lipinski definition) is 3. The zero-order chi connectivity index (χ0) is 47.1. The van der Waals surface area contributed by atoms with Crippen LogP contribution in [0.5, 0.6) is 5.75 Å². The van der Waals surface area contributed by atoms with Gasteiger partial charge >= 0.3 is 0 Å². The molecule has 6 aromatic carbocycles. The molecule has 0 spiro atoms. The Balaban J connectivity index is 0.00000648. The SMILES string of the molecule is [2H]c1nc(-c2[c-]c(-c3cccc4c3nc(-c3ccccc3O)n4-c3ccc(-c4ccccc4)c(C([2H])(C)C)c3)cc(C(C)(C)C)c2)c([2H])c(-c2c([2H])c([2H])c(C([2H])([2H])[2H])c([2H])c2[2H])c1[2H].[Pt]. The third-order valence-corrected chi connectivity index (χ3v) is 9.46. The van der Waals surface area contributed by atoms with Gasteiger partial charge in [0.25, 0.3) is 0 Å². The Hall–Kier alpha value is -5.57. The molecule has 0 aliphatic carbocycles. The topological polar surface area (TPSA) is 50.9 Å². The van der Waals surface area contributed by atoms with Crippen LogP contribution in [0.15, 0.2) is 146 Å². The van der Waals surface area contributed by atoms with Gasteiger partial charge in [-0.25, -0.2) is 4.98 Å². The van der Waals surface area contributed by atoms with Crippen LogP contribution >= 0.6 is 0 Å². The second-order valence-electron chi connectivity index (χ2n) is 14.5. The molecule has 2 aromatic heterocycles. The van der Waals surface area contributed by atoms with E-state index in [4.69, 9.17) is 17.3 Å². The number of pyridine rings is 1. The van der Waals surface area contributed by atoms with Gasteiger partial charge in [0.05, 0.1) is 26.2 Å². The molecule has 0 unspecified atom stereocenters. The molecule has 0 saturated carbocycles. The molecule has 0 radical (unpaired) electrons. The average molecular weight is 909 g/mol. The number of para-hydroxylation sites is 2. The van der Waals surface area contributed by atoms with Gasteiger partial charge in [0.2, 0.25) is 0 Å². The molecule has 0 aliphatic rings. The largest absolute Gasteiger partial charge is 0.507 e. The molecule has 0 bridgehead atoms. The van der Waals surface area contributed by atoms with E-state index in [2.05, 4.69) is 11.1 Å². The minimum atomic E-state index is -2.97. The van der Waals surface area contributed by atoms with Crippen LogP contribution in [0.4, 0.5) is 0 Å². The van der Waals surface area contributed by atoms with Crippen molar-refractivity contribution in [2.24, 2.45) is 0 Å². The fourth-order valence-electron chi connectivity index (χ4n) is 6.66. The molecular formula is C50H44N3OPt-. The molecule has 5 heteroatoms. The van der Waals surface area contributed by atoms with Crippen LogP contribution in [0.2, 0.25) is 0 Å². The minimum absolute atomic E-state index is 0. The number of aromatic nitrogens is 3. The molecule has 0 saturated heterocycles. The summed E-state index contributed by atoms with van der Waals surface area (Å²) >= 11 is 0. The van der Waals surface area contributed by atoms with Crippen LogP contribution in [0.1, 0.15) is 72.3 Å². The number of rotatable bonds is 7. The maximum atomic E-state index is 11.3. The first-order chi connectivity index (χ1) is 30.5. The number of benzene rings is 6. The summed E-state index contributed by atoms with van der Waals surface area (Å²) in [6, 6.07) is 31.4. The molecule has 0 amide bonds. The Kier molecular flexibility index (Phi) is 7.30. The van der Waals surface area contributed by atoms with E-state index in [-0.39, 0.29) is 38.1 Å². The van der Waals surface area contributed by atoms with Crippen LogP contribution in [0.3, 0.4) is 0 Å². The summed E-state index contributed by atoms with van der Waals surface area (Å²) in [5, 5.41) is 11.3. The van der Waals surface area contributed by atoms with Gasteiger partial charge in [-0.05, 0) is 82.4 Å². The molecule has 0 aliphatic heterocycles. The smallest absolute Gasteiger partial charge is 0.148 e. The monoisotopic (exact) mass is 908 g/mol. The second-order valence-corrected chi connectivity index (χ2v) is 14.5. The summed E-state index contributed by atoms with van der Waals surface area (Å²) in [7, 11) is 0. The van der Waals surface area contributed by atoms with Gasteiger partial charge in [-0.2, -0.15) is 0 Å². The van der Waals surface area contributed by atoms with Gasteiger partial charge in [0.1, 0.15) is 11.6 Å². The predicted molar refractivity (Wildman–Crippen MR) is 224 cm³/mol. The van der Waals surface area contributed by atoms with E-state index in [0.717, 1.165) is 22.3 Å². The van der Waals surface area contributed by atoms with Crippen LogP contribution in [-0.4, -0.2) is 19.6 Å². The molecule has 1 N–H and O–H groups in total. The predicted octanol–water partition coefficient (Wildman–Crippen LogP) is 13.0. The summed E-state index contributed by atoms with van der Waals surface area (Å²) in [6.07, 6.45) is -0.597. The number of phenols is 1. The van der Waals surface area contributed by atoms with E-state index in [0.29, 0.717) is 39.2 Å². The van der Waals surface area contributed by atoms with Crippen molar-refractivity contribution in [1.29, 1.82) is 0 Å². The Morgan fingerprint density at radius 3 is 2.22 bits per heavy atom. The van der Waals surface area contributed by atoms with Crippen molar-refractivity contribution in [3.05, 3.63) is 168 Å². The third-order valence-electron chi connectivity index (χ3n) is 9.46. The number of phenolic OH excluding ortho intramolecular Hbond substituents is 1. The molecule has 0 fully saturated rings. The second kappa shape index (κ2) is 15.3. The summed E-state index contributed by atoms with van der Waals surface area (Å²) < 4.78 is 96.4. The summed E-state index contributed by atoms with van der Waals surface area (Å²) in [5.41, 5.74) is 5.00. The van der Waals surface area contributed by atoms with Crippen molar-refractivity contribution >= 4 is 11.0 Å². The fourth-order valence-corrected chi connectivity index (χ4v) is 6.66. The van der Waals surface area contributed by atoms with Crippen molar-refractivity contribution in [2.45, 2.75) is 52.8 Å². The number of nitrogens with zero attached hydrogens (tertiary/aromatic N) is 3. The maximum absolute atomic E-state index is 11.3. The van der Waals surface area contributed by atoms with Gasteiger partial charge in [-0.15, -0.1) is 29.3 Å². The van der Waals surface area contributed by atoms with Crippen LogP contribution in [0.25, 0.3) is 72.7 Å². The van der Waals surface area contributed by atoms with E-state index < -0.39 is 77.3 Å². The van der Waals surface area contributed by atoms with Crippen molar-refractivity contribution in [3.63, 3.8) is 0 Å². The summed E-state index contributed by atoms with van der Waals surface area (Å²) in [5.74, 6) is -0.551. The first-order valence-corrected chi connectivity index (χ1v) is 17.7.